The lowest BCUT2D eigenvalue weighted by Crippen LogP contribution is -2.25. The molecule has 1 heterocycles. The molecule has 14 heavy (non-hydrogen) atoms. The van der Waals surface area contributed by atoms with Crippen molar-refractivity contribution < 1.29 is 4.92 Å². The molecule has 6 heteroatoms. The minimum Gasteiger partial charge on any atom is -0.367 e. The van der Waals surface area contributed by atoms with Crippen molar-refractivity contribution in [2.75, 3.05) is 5.32 Å². The topological polar surface area (TPSA) is 55.2 Å². The minimum atomic E-state index is -0.380. The number of hydrogen-bond acceptors (Lipinski definition) is 4. The molecule has 78 valence electrons. The summed E-state index contributed by atoms with van der Waals surface area (Å²) in [7, 11) is 0. The second kappa shape index (κ2) is 3.86. The Bertz CT molecular complexity index is 357. The second-order valence-electron chi connectivity index (χ2n) is 3.90. The van der Waals surface area contributed by atoms with E-state index in [1.165, 1.54) is 17.4 Å². The van der Waals surface area contributed by atoms with Crippen LogP contribution in [0.1, 0.15) is 20.8 Å². The number of nitro groups is 1. The number of nitrogens with one attached hydrogen (secondary N) is 1. The molecular formula is C8H11BrN2O2S. The summed E-state index contributed by atoms with van der Waals surface area (Å²) in [6, 6.07) is 1.51. The molecule has 0 atom stereocenters. The summed E-state index contributed by atoms with van der Waals surface area (Å²) in [4.78, 5) is 10.3. The predicted octanol–water partition coefficient (Wildman–Crippen LogP) is 3.63. The van der Waals surface area contributed by atoms with E-state index in [1.54, 1.807) is 0 Å². The van der Waals surface area contributed by atoms with Crippen LogP contribution in [-0.2, 0) is 0 Å². The highest BCUT2D eigenvalue weighted by Gasteiger charge is 2.21. The van der Waals surface area contributed by atoms with Gasteiger partial charge in [0.1, 0.15) is 0 Å². The molecule has 1 rings (SSSR count). The fourth-order valence-corrected chi connectivity index (χ4v) is 2.58. The van der Waals surface area contributed by atoms with Gasteiger partial charge < -0.3 is 5.32 Å². The summed E-state index contributed by atoms with van der Waals surface area (Å²) in [5.41, 5.74) is -0.0495. The van der Waals surface area contributed by atoms with Crippen LogP contribution >= 0.6 is 27.3 Å². The first-order valence-electron chi connectivity index (χ1n) is 4.01. The zero-order valence-corrected chi connectivity index (χ0v) is 10.5. The van der Waals surface area contributed by atoms with Crippen molar-refractivity contribution >= 4 is 38.0 Å². The molecule has 0 bridgehead atoms. The van der Waals surface area contributed by atoms with E-state index >= 15 is 0 Å². The van der Waals surface area contributed by atoms with Crippen LogP contribution in [0, 0.1) is 10.1 Å². The zero-order chi connectivity index (χ0) is 10.9. The number of thiophene rings is 1. The molecule has 0 fully saturated rings. The van der Waals surface area contributed by atoms with Gasteiger partial charge in [0.15, 0.2) is 5.00 Å². The van der Waals surface area contributed by atoms with Gasteiger partial charge in [-0.1, -0.05) is 0 Å². The maximum absolute atomic E-state index is 10.7. The largest absolute Gasteiger partial charge is 0.367 e. The molecule has 0 aromatic carbocycles. The Hall–Kier alpha value is -0.620. The van der Waals surface area contributed by atoms with Crippen LogP contribution < -0.4 is 5.32 Å². The Morgan fingerprint density at radius 2 is 2.14 bits per heavy atom. The average Bonchev–Trinajstić information content (AvgIpc) is 2.27. The Balaban J connectivity index is 3.02. The van der Waals surface area contributed by atoms with E-state index in [0.717, 1.165) is 3.79 Å². The van der Waals surface area contributed by atoms with Gasteiger partial charge in [0.05, 0.1) is 8.71 Å². The number of nitrogens with zero attached hydrogens (tertiary/aromatic N) is 1. The molecule has 0 saturated heterocycles. The van der Waals surface area contributed by atoms with E-state index in [9.17, 15) is 10.1 Å². The quantitative estimate of drug-likeness (QED) is 0.664. The van der Waals surface area contributed by atoms with Crippen LogP contribution in [0.25, 0.3) is 0 Å². The van der Waals surface area contributed by atoms with Gasteiger partial charge in [0, 0.05) is 11.6 Å². The van der Waals surface area contributed by atoms with Crippen LogP contribution in [0.2, 0.25) is 0 Å². The maximum Gasteiger partial charge on any atom is 0.304 e. The lowest BCUT2D eigenvalue weighted by molar-refractivity contribution is -0.383. The normalized spacial score (nSPS) is 11.4. The second-order valence-corrected chi connectivity index (χ2v) is 6.33. The third-order valence-electron chi connectivity index (χ3n) is 1.37. The monoisotopic (exact) mass is 278 g/mol. The minimum absolute atomic E-state index is 0.122. The molecule has 0 aliphatic rings. The van der Waals surface area contributed by atoms with Crippen LogP contribution in [0.4, 0.5) is 10.7 Å². The van der Waals surface area contributed by atoms with Crippen molar-refractivity contribution in [1.82, 2.24) is 0 Å². The van der Waals surface area contributed by atoms with Crippen molar-refractivity contribution in [3.8, 4) is 0 Å². The van der Waals surface area contributed by atoms with E-state index in [2.05, 4.69) is 21.2 Å². The van der Waals surface area contributed by atoms with Crippen molar-refractivity contribution in [2.24, 2.45) is 0 Å². The number of halogens is 1. The smallest absolute Gasteiger partial charge is 0.304 e. The van der Waals surface area contributed by atoms with Gasteiger partial charge in [0.2, 0.25) is 0 Å². The molecule has 0 aliphatic heterocycles. The van der Waals surface area contributed by atoms with E-state index < -0.39 is 0 Å². The molecule has 0 aliphatic carbocycles. The standard InChI is InChI=1S/C8H11BrN2O2S/c1-8(2,3)10-7-5(11(12)13)4-6(9)14-7/h4,10H,1-3H3. The lowest BCUT2D eigenvalue weighted by atomic mass is 10.1. The number of hydrogen-bond donors (Lipinski definition) is 1. The summed E-state index contributed by atoms with van der Waals surface area (Å²) >= 11 is 4.57. The molecule has 0 unspecified atom stereocenters. The number of rotatable bonds is 2. The molecule has 0 saturated carbocycles. The Morgan fingerprint density at radius 3 is 2.57 bits per heavy atom. The van der Waals surface area contributed by atoms with E-state index in [4.69, 9.17) is 0 Å². The van der Waals surface area contributed by atoms with Crippen LogP contribution in [0.15, 0.2) is 9.85 Å². The van der Waals surface area contributed by atoms with Gasteiger partial charge in [-0.25, -0.2) is 0 Å². The van der Waals surface area contributed by atoms with Crippen molar-refractivity contribution in [1.29, 1.82) is 0 Å². The highest BCUT2D eigenvalue weighted by Crippen LogP contribution is 2.38. The Kier molecular flexibility index (Phi) is 3.16. The summed E-state index contributed by atoms with van der Waals surface area (Å²) in [6.45, 7) is 5.89. The van der Waals surface area contributed by atoms with Gasteiger partial charge in [-0.2, -0.15) is 0 Å². The molecule has 0 amide bonds. The summed E-state index contributed by atoms with van der Waals surface area (Å²) in [6.07, 6.45) is 0. The van der Waals surface area contributed by atoms with Crippen LogP contribution in [-0.4, -0.2) is 10.5 Å². The maximum atomic E-state index is 10.7. The molecular weight excluding hydrogens is 268 g/mol. The molecule has 4 nitrogen and oxygen atoms in total. The molecule has 1 N–H and O–H groups in total. The van der Waals surface area contributed by atoms with Crippen molar-refractivity contribution in [2.45, 2.75) is 26.3 Å². The summed E-state index contributed by atoms with van der Waals surface area (Å²) < 4.78 is 0.760. The zero-order valence-electron chi connectivity index (χ0n) is 8.13. The SMILES string of the molecule is CC(C)(C)Nc1sc(Br)cc1[N+](=O)[O-]. The average molecular weight is 279 g/mol. The van der Waals surface area contributed by atoms with Crippen molar-refractivity contribution in [3.05, 3.63) is 20.0 Å². The third kappa shape index (κ3) is 2.95. The van der Waals surface area contributed by atoms with Gasteiger partial charge in [-0.05, 0) is 36.7 Å². The first-order valence-corrected chi connectivity index (χ1v) is 5.62. The highest BCUT2D eigenvalue weighted by atomic mass is 79.9. The third-order valence-corrected chi connectivity index (χ3v) is 2.91. The molecule has 0 radical (unpaired) electrons. The molecule has 1 aromatic rings. The van der Waals surface area contributed by atoms with Gasteiger partial charge in [0.25, 0.3) is 0 Å². The fraction of sp³-hybridized carbons (Fsp3) is 0.500. The first-order chi connectivity index (χ1) is 6.29. The first kappa shape index (κ1) is 11.5. The highest BCUT2D eigenvalue weighted by molar-refractivity contribution is 9.11. The van der Waals surface area contributed by atoms with E-state index in [1.807, 2.05) is 20.8 Å². The van der Waals surface area contributed by atoms with E-state index in [-0.39, 0.29) is 16.1 Å². The van der Waals surface area contributed by atoms with Crippen LogP contribution in [0.3, 0.4) is 0 Å². The van der Waals surface area contributed by atoms with Gasteiger partial charge >= 0.3 is 5.69 Å². The van der Waals surface area contributed by atoms with Crippen LogP contribution in [0.5, 0.6) is 0 Å². The summed E-state index contributed by atoms with van der Waals surface area (Å²) in [5, 5.41) is 14.4. The van der Waals surface area contributed by atoms with Crippen molar-refractivity contribution in [3.63, 3.8) is 0 Å². The molecule has 1 aromatic heterocycles. The number of anilines is 1. The lowest BCUT2D eigenvalue weighted by Gasteiger charge is -2.19. The van der Waals surface area contributed by atoms with Gasteiger partial charge in [-0.15, -0.1) is 11.3 Å². The summed E-state index contributed by atoms with van der Waals surface area (Å²) in [5.74, 6) is 0. The Morgan fingerprint density at radius 1 is 1.57 bits per heavy atom. The molecule has 0 spiro atoms. The fourth-order valence-electron chi connectivity index (χ4n) is 0.918. The predicted molar refractivity (Wildman–Crippen MR) is 62.0 cm³/mol. The Labute approximate surface area is 94.6 Å². The van der Waals surface area contributed by atoms with E-state index in [0.29, 0.717) is 5.00 Å². The van der Waals surface area contributed by atoms with Gasteiger partial charge in [-0.3, -0.25) is 10.1 Å².